The summed E-state index contributed by atoms with van der Waals surface area (Å²) in [5, 5.41) is 0. The van der Waals surface area contributed by atoms with Crippen molar-refractivity contribution in [1.29, 1.82) is 0 Å². The summed E-state index contributed by atoms with van der Waals surface area (Å²) in [7, 11) is 0. The van der Waals surface area contributed by atoms with Gasteiger partial charge in [-0.25, -0.2) is 0 Å². The van der Waals surface area contributed by atoms with Crippen LogP contribution in [0.5, 0.6) is 0 Å². The Kier molecular flexibility index (Phi) is 13.8. The molecule has 0 aromatic rings. The third-order valence-electron chi connectivity index (χ3n) is 4.48. The largest absolute Gasteiger partial charge is 0.258 e. The van der Waals surface area contributed by atoms with Gasteiger partial charge >= 0.3 is 0 Å². The van der Waals surface area contributed by atoms with Gasteiger partial charge in [0.05, 0.1) is 0 Å². The molecule has 0 aromatic carbocycles. The molecule has 0 saturated carbocycles. The van der Waals surface area contributed by atoms with Gasteiger partial charge in [0.25, 0.3) is 0 Å². The van der Waals surface area contributed by atoms with E-state index in [1.54, 1.807) is 0 Å². The maximum atomic E-state index is 3.36. The third kappa shape index (κ3) is 12.9. The average molecular weight is 283 g/mol. The molecular weight excluding hydrogens is 244 g/mol. The second kappa shape index (κ2) is 15.3. The predicted octanol–water partition coefficient (Wildman–Crippen LogP) is 5.34. The molecule has 0 aromatic heterocycles. The summed E-state index contributed by atoms with van der Waals surface area (Å²) >= 11 is 0. The van der Waals surface area contributed by atoms with Gasteiger partial charge in [-0.05, 0) is 12.8 Å². The van der Waals surface area contributed by atoms with E-state index >= 15 is 0 Å². The maximum Gasteiger partial charge on any atom is 0.00997 e. The molecule has 0 aliphatic carbocycles. The second-order valence-electron chi connectivity index (χ2n) is 6.51. The molecule has 0 radical (unpaired) electrons. The number of rotatable bonds is 0. The monoisotopic (exact) mass is 282 g/mol. The summed E-state index contributed by atoms with van der Waals surface area (Å²) in [5.41, 5.74) is 6.72. The van der Waals surface area contributed by atoms with Crippen LogP contribution in [0.3, 0.4) is 0 Å². The van der Waals surface area contributed by atoms with Crippen molar-refractivity contribution in [2.24, 2.45) is 0 Å². The predicted molar refractivity (Wildman–Crippen MR) is 89.9 cm³/mol. The molecular formula is C18H38N2. The highest BCUT2D eigenvalue weighted by Crippen LogP contribution is 2.13. The molecule has 0 unspecified atom stereocenters. The lowest BCUT2D eigenvalue weighted by Crippen LogP contribution is -2.33. The van der Waals surface area contributed by atoms with Gasteiger partial charge < -0.3 is 0 Å². The van der Waals surface area contributed by atoms with Gasteiger partial charge in [0.2, 0.25) is 0 Å². The SMILES string of the molecule is C1CCCCCCCCCNNCCCCCCCC1. The Balaban J connectivity index is 2.00. The lowest BCUT2D eigenvalue weighted by atomic mass is 10.0. The van der Waals surface area contributed by atoms with Gasteiger partial charge in [-0.3, -0.25) is 10.9 Å². The van der Waals surface area contributed by atoms with Crippen LogP contribution in [0.25, 0.3) is 0 Å². The lowest BCUT2D eigenvalue weighted by Gasteiger charge is -2.08. The second-order valence-corrected chi connectivity index (χ2v) is 6.51. The molecule has 1 rings (SSSR count). The van der Waals surface area contributed by atoms with Crippen LogP contribution in [-0.2, 0) is 0 Å². The van der Waals surface area contributed by atoms with E-state index < -0.39 is 0 Å². The van der Waals surface area contributed by atoms with Gasteiger partial charge in [-0.15, -0.1) is 0 Å². The van der Waals surface area contributed by atoms with Gasteiger partial charge in [0.15, 0.2) is 0 Å². The molecule has 1 aliphatic heterocycles. The molecule has 2 N–H and O–H groups in total. The molecule has 1 fully saturated rings. The van der Waals surface area contributed by atoms with E-state index in [0.29, 0.717) is 0 Å². The summed E-state index contributed by atoms with van der Waals surface area (Å²) < 4.78 is 0. The van der Waals surface area contributed by atoms with Crippen LogP contribution in [-0.4, -0.2) is 13.1 Å². The Morgan fingerprint density at radius 3 is 0.700 bits per heavy atom. The van der Waals surface area contributed by atoms with Crippen molar-refractivity contribution < 1.29 is 0 Å². The quantitative estimate of drug-likeness (QED) is 0.627. The van der Waals surface area contributed by atoms with E-state index in [-0.39, 0.29) is 0 Å². The van der Waals surface area contributed by atoms with Crippen molar-refractivity contribution in [3.8, 4) is 0 Å². The average Bonchev–Trinajstić information content (AvgIpc) is 2.46. The van der Waals surface area contributed by atoms with Crippen LogP contribution in [0.15, 0.2) is 0 Å². The van der Waals surface area contributed by atoms with Crippen LogP contribution in [0.2, 0.25) is 0 Å². The highest BCUT2D eigenvalue weighted by atomic mass is 15.3. The zero-order valence-corrected chi connectivity index (χ0v) is 13.7. The van der Waals surface area contributed by atoms with Gasteiger partial charge in [-0.1, -0.05) is 89.9 Å². The van der Waals surface area contributed by atoms with Crippen LogP contribution >= 0.6 is 0 Å². The molecule has 0 bridgehead atoms. The first kappa shape index (κ1) is 18.0. The normalized spacial score (nSPS) is 24.0. The van der Waals surface area contributed by atoms with Crippen LogP contribution in [0.4, 0.5) is 0 Å². The molecule has 0 amide bonds. The van der Waals surface area contributed by atoms with Crippen LogP contribution < -0.4 is 10.9 Å². The summed E-state index contributed by atoms with van der Waals surface area (Å²) in [6.45, 7) is 2.28. The van der Waals surface area contributed by atoms with E-state index in [1.807, 2.05) is 0 Å². The summed E-state index contributed by atoms with van der Waals surface area (Å²) in [4.78, 5) is 0. The molecule has 120 valence electrons. The zero-order valence-electron chi connectivity index (χ0n) is 13.7. The van der Waals surface area contributed by atoms with Gasteiger partial charge in [0, 0.05) is 13.1 Å². The van der Waals surface area contributed by atoms with Gasteiger partial charge in [0.1, 0.15) is 0 Å². The first-order chi connectivity index (χ1) is 10.0. The van der Waals surface area contributed by atoms with E-state index in [9.17, 15) is 0 Å². The number of hydrogen-bond acceptors (Lipinski definition) is 2. The Morgan fingerprint density at radius 1 is 0.250 bits per heavy atom. The number of nitrogens with one attached hydrogen (secondary N) is 2. The van der Waals surface area contributed by atoms with Crippen LogP contribution in [0.1, 0.15) is 103 Å². The van der Waals surface area contributed by atoms with Crippen molar-refractivity contribution in [2.75, 3.05) is 13.1 Å². The molecule has 2 heteroatoms. The molecule has 1 aliphatic rings. The van der Waals surface area contributed by atoms with Crippen molar-refractivity contribution >= 4 is 0 Å². The van der Waals surface area contributed by atoms with E-state index in [2.05, 4.69) is 10.9 Å². The Morgan fingerprint density at radius 2 is 0.450 bits per heavy atom. The number of hydrogen-bond donors (Lipinski definition) is 2. The Bertz CT molecular complexity index is 95.8. The van der Waals surface area contributed by atoms with Crippen LogP contribution in [0, 0.1) is 0 Å². The zero-order chi connectivity index (χ0) is 14.1. The fourth-order valence-electron chi connectivity index (χ4n) is 3.08. The third-order valence-corrected chi connectivity index (χ3v) is 4.48. The van der Waals surface area contributed by atoms with Gasteiger partial charge in [-0.2, -0.15) is 0 Å². The fourth-order valence-corrected chi connectivity index (χ4v) is 3.08. The number of hydrazine groups is 1. The topological polar surface area (TPSA) is 24.1 Å². The van der Waals surface area contributed by atoms with Crippen molar-refractivity contribution in [3.05, 3.63) is 0 Å². The fraction of sp³-hybridized carbons (Fsp3) is 1.00. The van der Waals surface area contributed by atoms with E-state index in [0.717, 1.165) is 13.1 Å². The first-order valence-corrected chi connectivity index (χ1v) is 9.46. The molecule has 0 spiro atoms. The summed E-state index contributed by atoms with van der Waals surface area (Å²) in [5.74, 6) is 0. The molecule has 2 nitrogen and oxygen atoms in total. The summed E-state index contributed by atoms with van der Waals surface area (Å²) in [6, 6.07) is 0. The molecule has 20 heavy (non-hydrogen) atoms. The maximum absolute atomic E-state index is 3.36. The molecule has 0 atom stereocenters. The highest BCUT2D eigenvalue weighted by Gasteiger charge is 1.96. The smallest absolute Gasteiger partial charge is 0.00997 e. The molecule has 1 saturated heterocycles. The molecule has 1 heterocycles. The van der Waals surface area contributed by atoms with Crippen molar-refractivity contribution in [1.82, 2.24) is 10.9 Å². The standard InChI is InChI=1S/C18H38N2/c1-2-4-6-8-10-12-14-16-18-20-19-17-15-13-11-9-7-5-3-1/h19-20H,1-18H2. The Labute approximate surface area is 127 Å². The minimum Gasteiger partial charge on any atom is -0.258 e. The minimum absolute atomic E-state index is 1.14. The lowest BCUT2D eigenvalue weighted by molar-refractivity contribution is 0.473. The first-order valence-electron chi connectivity index (χ1n) is 9.46. The highest BCUT2D eigenvalue weighted by molar-refractivity contribution is 4.52. The van der Waals surface area contributed by atoms with E-state index in [1.165, 1.54) is 103 Å². The van der Waals surface area contributed by atoms with Crippen molar-refractivity contribution in [2.45, 2.75) is 103 Å². The Hall–Kier alpha value is -0.0800. The minimum atomic E-state index is 1.14. The summed E-state index contributed by atoms with van der Waals surface area (Å²) in [6.07, 6.45) is 23.0. The van der Waals surface area contributed by atoms with E-state index in [4.69, 9.17) is 0 Å². The van der Waals surface area contributed by atoms with Crippen molar-refractivity contribution in [3.63, 3.8) is 0 Å².